The molecule has 1 amide bonds. The Kier molecular flexibility index (Phi) is 3.19. The molecule has 1 saturated carbocycles. The zero-order chi connectivity index (χ0) is 11.5. The Morgan fingerprint density at radius 2 is 2.44 bits per heavy atom. The maximum atomic E-state index is 11.8. The van der Waals surface area contributed by atoms with Gasteiger partial charge in [0.1, 0.15) is 5.82 Å². The first-order chi connectivity index (χ1) is 7.74. The minimum Gasteiger partial charge on any atom is -0.345 e. The van der Waals surface area contributed by atoms with Crippen molar-refractivity contribution in [2.24, 2.45) is 11.7 Å². The molecule has 1 aliphatic carbocycles. The number of nitrogens with one attached hydrogen (secondary N) is 2. The Morgan fingerprint density at radius 1 is 1.69 bits per heavy atom. The molecular weight excluding hydrogens is 206 g/mol. The van der Waals surface area contributed by atoms with Gasteiger partial charge in [0, 0.05) is 19.0 Å². The Labute approximate surface area is 94.0 Å². The highest BCUT2D eigenvalue weighted by Crippen LogP contribution is 2.32. The predicted octanol–water partition coefficient (Wildman–Crippen LogP) is -0.166. The van der Waals surface area contributed by atoms with Crippen molar-refractivity contribution < 1.29 is 4.79 Å². The second-order valence-electron chi connectivity index (χ2n) is 4.11. The number of amides is 1. The van der Waals surface area contributed by atoms with Crippen LogP contribution in [0.25, 0.3) is 0 Å². The molecule has 6 heteroatoms. The highest BCUT2D eigenvalue weighted by molar-refractivity contribution is 5.90. The number of aromatic nitrogens is 3. The average molecular weight is 223 g/mol. The van der Waals surface area contributed by atoms with Gasteiger partial charge in [-0.1, -0.05) is 6.92 Å². The summed E-state index contributed by atoms with van der Waals surface area (Å²) in [7, 11) is 0. The van der Waals surface area contributed by atoms with E-state index in [1.165, 1.54) is 0 Å². The largest absolute Gasteiger partial charge is 0.345 e. The maximum Gasteiger partial charge on any atom is 0.291 e. The van der Waals surface area contributed by atoms with Gasteiger partial charge >= 0.3 is 0 Å². The van der Waals surface area contributed by atoms with E-state index < -0.39 is 0 Å². The smallest absolute Gasteiger partial charge is 0.291 e. The number of nitrogens with zero attached hydrogens (tertiary/aromatic N) is 2. The first kappa shape index (κ1) is 11.1. The minimum atomic E-state index is -0.238. The number of H-pyrrole nitrogens is 1. The van der Waals surface area contributed by atoms with Crippen molar-refractivity contribution in [1.82, 2.24) is 20.5 Å². The molecule has 4 N–H and O–H groups in total. The van der Waals surface area contributed by atoms with Crippen LogP contribution >= 0.6 is 0 Å². The first-order valence-corrected chi connectivity index (χ1v) is 5.66. The van der Waals surface area contributed by atoms with E-state index >= 15 is 0 Å². The third kappa shape index (κ3) is 2.38. The summed E-state index contributed by atoms with van der Waals surface area (Å²) in [5, 5.41) is 9.46. The number of carbonyl (C=O) groups excluding carboxylic acids is 1. The summed E-state index contributed by atoms with van der Waals surface area (Å²) in [6, 6.07) is 0.0658. The second kappa shape index (κ2) is 4.61. The van der Waals surface area contributed by atoms with Crippen LogP contribution in [0.4, 0.5) is 0 Å². The number of hydrogen-bond acceptors (Lipinski definition) is 4. The van der Waals surface area contributed by atoms with Gasteiger partial charge in [0.15, 0.2) is 0 Å². The lowest BCUT2D eigenvalue weighted by molar-refractivity contribution is 0.0923. The van der Waals surface area contributed by atoms with Gasteiger partial charge in [-0.15, -0.1) is 5.10 Å². The van der Waals surface area contributed by atoms with E-state index in [1.54, 1.807) is 0 Å². The van der Waals surface area contributed by atoms with Gasteiger partial charge in [0.05, 0.1) is 0 Å². The molecule has 16 heavy (non-hydrogen) atoms. The number of aromatic amines is 1. The molecule has 1 fully saturated rings. The summed E-state index contributed by atoms with van der Waals surface area (Å²) in [5.74, 6) is 1.23. The van der Waals surface area contributed by atoms with E-state index in [-0.39, 0.29) is 17.8 Å². The molecule has 1 aromatic heterocycles. The topological polar surface area (TPSA) is 96.7 Å². The molecule has 1 heterocycles. The normalized spacial score (nSPS) is 17.1. The predicted molar refractivity (Wildman–Crippen MR) is 58.8 cm³/mol. The SMILES string of the molecule is CCc1nc(C(=O)NC(CN)C2CC2)n[nH]1. The summed E-state index contributed by atoms with van der Waals surface area (Å²) < 4.78 is 0. The van der Waals surface area contributed by atoms with E-state index in [0.717, 1.165) is 25.1 Å². The third-order valence-electron chi connectivity index (χ3n) is 2.83. The number of aryl methyl sites for hydroxylation is 1. The molecule has 0 aromatic carbocycles. The molecule has 0 saturated heterocycles. The van der Waals surface area contributed by atoms with Crippen molar-refractivity contribution >= 4 is 5.91 Å². The zero-order valence-electron chi connectivity index (χ0n) is 9.36. The molecule has 0 radical (unpaired) electrons. The van der Waals surface area contributed by atoms with Crippen LogP contribution in [0.5, 0.6) is 0 Å². The lowest BCUT2D eigenvalue weighted by Gasteiger charge is -2.14. The molecule has 1 unspecified atom stereocenters. The third-order valence-corrected chi connectivity index (χ3v) is 2.83. The number of hydrogen-bond donors (Lipinski definition) is 3. The summed E-state index contributed by atoms with van der Waals surface area (Å²) in [5.41, 5.74) is 5.61. The van der Waals surface area contributed by atoms with Crippen molar-refractivity contribution in [2.75, 3.05) is 6.54 Å². The van der Waals surface area contributed by atoms with Crippen LogP contribution in [0.2, 0.25) is 0 Å². The molecule has 0 aliphatic heterocycles. The Hall–Kier alpha value is -1.43. The lowest BCUT2D eigenvalue weighted by Crippen LogP contribution is -2.42. The van der Waals surface area contributed by atoms with Crippen molar-refractivity contribution in [3.05, 3.63) is 11.6 Å². The molecule has 2 rings (SSSR count). The van der Waals surface area contributed by atoms with Crippen molar-refractivity contribution in [2.45, 2.75) is 32.2 Å². The summed E-state index contributed by atoms with van der Waals surface area (Å²) in [4.78, 5) is 15.8. The molecule has 88 valence electrons. The summed E-state index contributed by atoms with van der Waals surface area (Å²) in [6.45, 7) is 2.43. The summed E-state index contributed by atoms with van der Waals surface area (Å²) >= 11 is 0. The van der Waals surface area contributed by atoms with E-state index in [9.17, 15) is 4.79 Å². The van der Waals surface area contributed by atoms with Crippen LogP contribution < -0.4 is 11.1 Å². The van der Waals surface area contributed by atoms with Crippen LogP contribution in [0, 0.1) is 5.92 Å². The van der Waals surface area contributed by atoms with Crippen molar-refractivity contribution in [3.8, 4) is 0 Å². The highest BCUT2D eigenvalue weighted by Gasteiger charge is 2.32. The minimum absolute atomic E-state index is 0.0658. The standard InChI is InChI=1S/C10H17N5O/c1-2-8-13-9(15-14-8)10(16)12-7(5-11)6-3-4-6/h6-7H,2-5,11H2,1H3,(H,12,16)(H,13,14,15). The van der Waals surface area contributed by atoms with Gasteiger partial charge < -0.3 is 11.1 Å². The summed E-state index contributed by atoms with van der Waals surface area (Å²) in [6.07, 6.45) is 3.04. The van der Waals surface area contributed by atoms with Crippen LogP contribution in [0.1, 0.15) is 36.2 Å². The lowest BCUT2D eigenvalue weighted by atomic mass is 10.2. The Bertz CT molecular complexity index is 371. The van der Waals surface area contributed by atoms with Crippen LogP contribution in [-0.2, 0) is 6.42 Å². The fraction of sp³-hybridized carbons (Fsp3) is 0.700. The van der Waals surface area contributed by atoms with Gasteiger partial charge in [-0.3, -0.25) is 9.89 Å². The maximum absolute atomic E-state index is 11.8. The molecule has 0 spiro atoms. The fourth-order valence-electron chi connectivity index (χ4n) is 1.66. The van der Waals surface area contributed by atoms with Crippen LogP contribution in [-0.4, -0.2) is 33.7 Å². The van der Waals surface area contributed by atoms with E-state index in [4.69, 9.17) is 5.73 Å². The van der Waals surface area contributed by atoms with Crippen molar-refractivity contribution in [3.63, 3.8) is 0 Å². The van der Waals surface area contributed by atoms with E-state index in [0.29, 0.717) is 12.5 Å². The fourth-order valence-corrected chi connectivity index (χ4v) is 1.66. The molecule has 6 nitrogen and oxygen atoms in total. The van der Waals surface area contributed by atoms with Crippen molar-refractivity contribution in [1.29, 1.82) is 0 Å². The average Bonchev–Trinajstić information content (AvgIpc) is 3.02. The van der Waals surface area contributed by atoms with E-state index in [2.05, 4.69) is 20.5 Å². The highest BCUT2D eigenvalue weighted by atomic mass is 16.2. The quantitative estimate of drug-likeness (QED) is 0.646. The molecule has 0 bridgehead atoms. The zero-order valence-corrected chi connectivity index (χ0v) is 9.36. The Balaban J connectivity index is 1.95. The number of nitrogens with two attached hydrogens (primary N) is 1. The molecule has 1 aromatic rings. The molecule has 1 aliphatic rings. The van der Waals surface area contributed by atoms with Gasteiger partial charge in [0.2, 0.25) is 5.82 Å². The molecular formula is C10H17N5O. The number of carbonyl (C=O) groups is 1. The van der Waals surface area contributed by atoms with Crippen LogP contribution in [0.3, 0.4) is 0 Å². The van der Waals surface area contributed by atoms with Gasteiger partial charge in [-0.2, -0.15) is 0 Å². The van der Waals surface area contributed by atoms with Gasteiger partial charge in [0.25, 0.3) is 5.91 Å². The van der Waals surface area contributed by atoms with Gasteiger partial charge in [-0.25, -0.2) is 4.98 Å². The monoisotopic (exact) mass is 223 g/mol. The van der Waals surface area contributed by atoms with Crippen LogP contribution in [0.15, 0.2) is 0 Å². The van der Waals surface area contributed by atoms with Gasteiger partial charge in [-0.05, 0) is 18.8 Å². The molecule has 1 atom stereocenters. The Morgan fingerprint density at radius 3 is 2.94 bits per heavy atom. The first-order valence-electron chi connectivity index (χ1n) is 5.66. The van der Waals surface area contributed by atoms with E-state index in [1.807, 2.05) is 6.92 Å². The number of rotatable bonds is 5. The second-order valence-corrected chi connectivity index (χ2v) is 4.11.